The van der Waals surface area contributed by atoms with Gasteiger partial charge in [0.2, 0.25) is 0 Å². The Morgan fingerprint density at radius 2 is 1.81 bits per heavy atom. The highest BCUT2D eigenvalue weighted by Gasteiger charge is 2.27. The maximum absolute atomic E-state index is 13.7. The third-order valence-electron chi connectivity index (χ3n) is 4.41. The summed E-state index contributed by atoms with van der Waals surface area (Å²) in [6.07, 6.45) is 1.31. The standard InChI is InChI=1S/C20H20Cl2FNO3/c1-2-26-18-5-3-4-6-19(18)27-13-7-9-24(10-8-13)20(25)14-11-17(23)16(22)12-15(14)21/h3-6,11-13H,2,7-10H2,1H3. The molecule has 0 aliphatic carbocycles. The molecule has 1 aliphatic rings. The SMILES string of the molecule is CCOc1ccccc1OC1CCN(C(=O)c2cc(F)c(Cl)cc2Cl)CC1. The van der Waals surface area contributed by atoms with Crippen molar-refractivity contribution in [2.24, 2.45) is 0 Å². The van der Waals surface area contributed by atoms with Gasteiger partial charge in [-0.05, 0) is 31.2 Å². The van der Waals surface area contributed by atoms with Crippen molar-refractivity contribution >= 4 is 29.1 Å². The quantitative estimate of drug-likeness (QED) is 0.633. The second kappa shape index (κ2) is 8.81. The van der Waals surface area contributed by atoms with E-state index in [1.165, 1.54) is 6.07 Å². The first-order valence-electron chi connectivity index (χ1n) is 8.82. The van der Waals surface area contributed by atoms with Crippen LogP contribution in [0.1, 0.15) is 30.1 Å². The Kier molecular flexibility index (Phi) is 6.45. The fourth-order valence-electron chi connectivity index (χ4n) is 3.04. The van der Waals surface area contributed by atoms with Crippen LogP contribution < -0.4 is 9.47 Å². The molecule has 1 fully saturated rings. The molecule has 1 saturated heterocycles. The molecular weight excluding hydrogens is 392 g/mol. The van der Waals surface area contributed by atoms with Crippen molar-refractivity contribution in [1.82, 2.24) is 4.90 Å². The van der Waals surface area contributed by atoms with Crippen LogP contribution >= 0.6 is 23.2 Å². The smallest absolute Gasteiger partial charge is 0.255 e. The zero-order chi connectivity index (χ0) is 19.4. The second-order valence-corrected chi connectivity index (χ2v) is 7.05. The number of likely N-dealkylation sites (tertiary alicyclic amines) is 1. The molecule has 1 heterocycles. The summed E-state index contributed by atoms with van der Waals surface area (Å²) < 4.78 is 25.3. The molecule has 1 amide bonds. The van der Waals surface area contributed by atoms with Gasteiger partial charge in [0, 0.05) is 25.9 Å². The molecule has 2 aromatic rings. The number of carbonyl (C=O) groups is 1. The lowest BCUT2D eigenvalue weighted by Crippen LogP contribution is -2.42. The Balaban J connectivity index is 1.62. The summed E-state index contributed by atoms with van der Waals surface area (Å²) in [6, 6.07) is 9.88. The molecule has 0 atom stereocenters. The van der Waals surface area contributed by atoms with Crippen LogP contribution in [-0.4, -0.2) is 36.6 Å². The molecule has 2 aromatic carbocycles. The largest absolute Gasteiger partial charge is 0.490 e. The first kappa shape index (κ1) is 19.8. The van der Waals surface area contributed by atoms with Gasteiger partial charge in [-0.2, -0.15) is 0 Å². The Morgan fingerprint density at radius 1 is 1.15 bits per heavy atom. The summed E-state index contributed by atoms with van der Waals surface area (Å²) in [7, 11) is 0. The van der Waals surface area contributed by atoms with Crippen molar-refractivity contribution in [3.63, 3.8) is 0 Å². The molecule has 0 aromatic heterocycles. The van der Waals surface area contributed by atoms with Crippen molar-refractivity contribution in [2.45, 2.75) is 25.9 Å². The number of amides is 1. The van der Waals surface area contributed by atoms with Crippen LogP contribution in [0.4, 0.5) is 4.39 Å². The molecule has 4 nitrogen and oxygen atoms in total. The van der Waals surface area contributed by atoms with E-state index in [2.05, 4.69) is 0 Å². The Morgan fingerprint density at radius 3 is 2.48 bits per heavy atom. The van der Waals surface area contributed by atoms with Crippen LogP contribution in [0.15, 0.2) is 36.4 Å². The number of rotatable bonds is 5. The summed E-state index contributed by atoms with van der Waals surface area (Å²) in [6.45, 7) is 3.49. The maximum Gasteiger partial charge on any atom is 0.255 e. The van der Waals surface area contributed by atoms with Gasteiger partial charge in [-0.1, -0.05) is 35.3 Å². The highest BCUT2D eigenvalue weighted by molar-refractivity contribution is 6.36. The van der Waals surface area contributed by atoms with Crippen LogP contribution in [0, 0.1) is 5.82 Å². The highest BCUT2D eigenvalue weighted by atomic mass is 35.5. The van der Waals surface area contributed by atoms with Gasteiger partial charge in [-0.25, -0.2) is 4.39 Å². The molecule has 0 radical (unpaired) electrons. The number of piperidine rings is 1. The number of benzene rings is 2. The predicted molar refractivity (Wildman–Crippen MR) is 104 cm³/mol. The summed E-state index contributed by atoms with van der Waals surface area (Å²) in [5.74, 6) is 0.452. The van der Waals surface area contributed by atoms with E-state index in [9.17, 15) is 9.18 Å². The number of para-hydroxylation sites is 2. The van der Waals surface area contributed by atoms with Gasteiger partial charge >= 0.3 is 0 Å². The Hall–Kier alpha value is -1.98. The zero-order valence-electron chi connectivity index (χ0n) is 14.9. The van der Waals surface area contributed by atoms with Gasteiger partial charge in [0.25, 0.3) is 5.91 Å². The predicted octanol–water partition coefficient (Wildman–Crippen LogP) is 5.21. The lowest BCUT2D eigenvalue weighted by molar-refractivity contribution is 0.0589. The van der Waals surface area contributed by atoms with Crippen molar-refractivity contribution in [1.29, 1.82) is 0 Å². The number of nitrogens with zero attached hydrogens (tertiary/aromatic N) is 1. The van der Waals surface area contributed by atoms with E-state index in [0.717, 1.165) is 6.07 Å². The molecule has 0 bridgehead atoms. The summed E-state index contributed by atoms with van der Waals surface area (Å²) in [5, 5.41) is 0.0482. The molecular formula is C20H20Cl2FNO3. The number of carbonyl (C=O) groups excluding carboxylic acids is 1. The van der Waals surface area contributed by atoms with E-state index in [-0.39, 0.29) is 27.6 Å². The van der Waals surface area contributed by atoms with E-state index in [1.54, 1.807) is 4.90 Å². The van der Waals surface area contributed by atoms with Gasteiger partial charge in [-0.15, -0.1) is 0 Å². The normalized spacial score (nSPS) is 14.9. The van der Waals surface area contributed by atoms with Crippen LogP contribution in [-0.2, 0) is 0 Å². The maximum atomic E-state index is 13.7. The highest BCUT2D eigenvalue weighted by Crippen LogP contribution is 2.30. The summed E-state index contributed by atoms with van der Waals surface area (Å²) in [4.78, 5) is 14.3. The van der Waals surface area contributed by atoms with Crippen molar-refractivity contribution < 1.29 is 18.7 Å². The van der Waals surface area contributed by atoms with Crippen LogP contribution in [0.2, 0.25) is 10.0 Å². The number of hydrogen-bond acceptors (Lipinski definition) is 3. The van der Waals surface area contributed by atoms with Crippen LogP contribution in [0.25, 0.3) is 0 Å². The minimum absolute atomic E-state index is 0.0203. The Bertz CT molecular complexity index is 823. The zero-order valence-corrected chi connectivity index (χ0v) is 16.4. The minimum Gasteiger partial charge on any atom is -0.490 e. The summed E-state index contributed by atoms with van der Waals surface area (Å²) >= 11 is 11.8. The minimum atomic E-state index is -0.657. The number of hydrogen-bond donors (Lipinski definition) is 0. The first-order chi connectivity index (χ1) is 13.0. The lowest BCUT2D eigenvalue weighted by Gasteiger charge is -2.32. The van der Waals surface area contributed by atoms with E-state index in [0.29, 0.717) is 44.0 Å². The fraction of sp³-hybridized carbons (Fsp3) is 0.350. The third-order valence-corrected chi connectivity index (χ3v) is 5.01. The molecule has 0 spiro atoms. The molecule has 1 aliphatic heterocycles. The van der Waals surface area contributed by atoms with Crippen LogP contribution in [0.5, 0.6) is 11.5 Å². The number of ether oxygens (including phenoxy) is 2. The van der Waals surface area contributed by atoms with Gasteiger partial charge in [0.15, 0.2) is 11.5 Å². The first-order valence-corrected chi connectivity index (χ1v) is 9.57. The van der Waals surface area contributed by atoms with E-state index >= 15 is 0 Å². The second-order valence-electron chi connectivity index (χ2n) is 6.24. The average Bonchev–Trinajstić information content (AvgIpc) is 2.66. The number of halogens is 3. The van der Waals surface area contributed by atoms with Crippen molar-refractivity contribution in [2.75, 3.05) is 19.7 Å². The molecule has 144 valence electrons. The molecule has 3 rings (SSSR count). The van der Waals surface area contributed by atoms with Gasteiger partial charge < -0.3 is 14.4 Å². The van der Waals surface area contributed by atoms with Crippen LogP contribution in [0.3, 0.4) is 0 Å². The molecule has 0 unspecified atom stereocenters. The monoisotopic (exact) mass is 411 g/mol. The Labute approximate surface area is 167 Å². The fourth-order valence-corrected chi connectivity index (χ4v) is 3.50. The molecule has 0 saturated carbocycles. The van der Waals surface area contributed by atoms with Crippen molar-refractivity contribution in [3.05, 3.63) is 57.8 Å². The molecule has 27 heavy (non-hydrogen) atoms. The summed E-state index contributed by atoms with van der Waals surface area (Å²) in [5.41, 5.74) is 0.125. The van der Waals surface area contributed by atoms with Crippen molar-refractivity contribution in [3.8, 4) is 11.5 Å². The molecule has 7 heteroatoms. The lowest BCUT2D eigenvalue weighted by atomic mass is 10.1. The van der Waals surface area contributed by atoms with E-state index < -0.39 is 5.82 Å². The molecule has 0 N–H and O–H groups in total. The third kappa shape index (κ3) is 4.66. The van der Waals surface area contributed by atoms with Gasteiger partial charge in [0.05, 0.1) is 22.2 Å². The average molecular weight is 412 g/mol. The topological polar surface area (TPSA) is 38.8 Å². The van der Waals surface area contributed by atoms with E-state index in [1.807, 2.05) is 31.2 Å². The van der Waals surface area contributed by atoms with Gasteiger partial charge in [0.1, 0.15) is 11.9 Å². The van der Waals surface area contributed by atoms with Gasteiger partial charge in [-0.3, -0.25) is 4.79 Å². The van der Waals surface area contributed by atoms with E-state index in [4.69, 9.17) is 32.7 Å².